The Bertz CT molecular complexity index is 430. The third-order valence-corrected chi connectivity index (χ3v) is 1.43. The van der Waals surface area contributed by atoms with Crippen LogP contribution in [-0.4, -0.2) is 0 Å². The topological polar surface area (TPSA) is 14.1 Å². The van der Waals surface area contributed by atoms with Crippen LogP contribution < -0.4 is 15.6 Å². The molecule has 1 aliphatic rings. The summed E-state index contributed by atoms with van der Waals surface area (Å²) in [6.07, 6.45) is 5.74. The molecule has 0 saturated heterocycles. The van der Waals surface area contributed by atoms with Gasteiger partial charge in [-0.05, 0) is 18.2 Å². The Kier molecular flexibility index (Phi) is 1.05. The van der Waals surface area contributed by atoms with E-state index in [1.54, 1.807) is 0 Å². The van der Waals surface area contributed by atoms with Crippen molar-refractivity contribution in [3.05, 3.63) is 40.7 Å². The summed E-state index contributed by atoms with van der Waals surface area (Å²) in [5, 5.41) is 2.17. The van der Waals surface area contributed by atoms with E-state index in [0.717, 1.165) is 5.35 Å². The fraction of sp³-hybridized carbons (Fsp3) is 0. The number of nitrogens with one attached hydrogen (secondary N) is 1. The van der Waals surface area contributed by atoms with Crippen LogP contribution in [0, 0.1) is 0 Å². The molecule has 1 aromatic rings. The van der Waals surface area contributed by atoms with Gasteiger partial charge in [-0.25, -0.2) is 4.98 Å². The van der Waals surface area contributed by atoms with Crippen LogP contribution in [0.4, 0.5) is 0 Å². The zero-order valence-electron chi connectivity index (χ0n) is 5.39. The van der Waals surface area contributed by atoms with E-state index in [4.69, 9.17) is 0 Å². The van der Waals surface area contributed by atoms with Crippen molar-refractivity contribution in [2.75, 3.05) is 0 Å². The molecule has 2 rings (SSSR count). The lowest BCUT2D eigenvalue weighted by molar-refractivity contribution is -0.396. The van der Waals surface area contributed by atoms with Gasteiger partial charge in [-0.15, -0.1) is 0 Å². The molecule has 1 aromatic heterocycles. The minimum absolute atomic E-state index is 1.00. The number of aromatic nitrogens is 1. The monoisotopic (exact) mass is 128 g/mol. The molecule has 1 N–H and O–H groups in total. The van der Waals surface area contributed by atoms with Gasteiger partial charge in [-0.3, -0.25) is 0 Å². The predicted octanol–water partition coefficient (Wildman–Crippen LogP) is -0.615. The molecule has 0 atom stereocenters. The molecule has 1 heteroatoms. The summed E-state index contributed by atoms with van der Waals surface area (Å²) in [5.41, 5.74) is 5.85. The Morgan fingerprint density at radius 2 is 2.40 bits per heavy atom. The number of rotatable bonds is 0. The van der Waals surface area contributed by atoms with Gasteiger partial charge in [0.15, 0.2) is 6.20 Å². The number of pyridine rings is 1. The van der Waals surface area contributed by atoms with Crippen molar-refractivity contribution in [2.45, 2.75) is 0 Å². The average molecular weight is 128 g/mol. The smallest absolute Gasteiger partial charge is 0.204 e. The van der Waals surface area contributed by atoms with E-state index < -0.39 is 0 Å². The largest absolute Gasteiger partial charge is 0.262 e. The highest BCUT2D eigenvalue weighted by Gasteiger charge is 1.88. The zero-order valence-corrected chi connectivity index (χ0v) is 5.39. The third kappa shape index (κ3) is 0.708. The third-order valence-electron chi connectivity index (χ3n) is 1.43. The molecule has 0 spiro atoms. The van der Waals surface area contributed by atoms with Crippen molar-refractivity contribution >= 4 is 11.8 Å². The van der Waals surface area contributed by atoms with E-state index >= 15 is 0 Å². The van der Waals surface area contributed by atoms with Gasteiger partial charge < -0.3 is 0 Å². The molecule has 1 aliphatic carbocycles. The van der Waals surface area contributed by atoms with Crippen molar-refractivity contribution in [3.63, 3.8) is 0 Å². The Balaban J connectivity index is 3.13. The zero-order chi connectivity index (χ0) is 6.81. The molecular weight excluding hydrogens is 122 g/mol. The molecule has 0 bridgehead atoms. The summed E-state index contributed by atoms with van der Waals surface area (Å²) >= 11 is 0. The number of hydrogen-bond donors (Lipinski definition) is 0. The predicted molar refractivity (Wildman–Crippen MR) is 38.2 cm³/mol. The molecule has 0 aliphatic heterocycles. The summed E-state index contributed by atoms with van der Waals surface area (Å²) in [6.45, 7) is 0. The second-order valence-electron chi connectivity index (χ2n) is 2.10. The molecule has 46 valence electrons. The van der Waals surface area contributed by atoms with Crippen molar-refractivity contribution in [3.8, 4) is 0 Å². The summed E-state index contributed by atoms with van der Waals surface area (Å²) in [7, 11) is 0. The number of aromatic amines is 1. The molecular formula is C9H6N+. The normalized spacial score (nSPS) is 11.6. The van der Waals surface area contributed by atoms with Crippen LogP contribution in [0.25, 0.3) is 11.8 Å². The molecule has 1 nitrogen and oxygen atoms in total. The average Bonchev–Trinajstić information content (AvgIpc) is 2.05. The maximum absolute atomic E-state index is 3.06. The number of hydrogen-bond acceptors (Lipinski definition) is 0. The minimum Gasteiger partial charge on any atom is -0.204 e. The molecule has 0 amide bonds. The van der Waals surface area contributed by atoms with Crippen molar-refractivity contribution < 1.29 is 4.98 Å². The van der Waals surface area contributed by atoms with Crippen LogP contribution in [0.5, 0.6) is 0 Å². The molecule has 0 fully saturated rings. The van der Waals surface area contributed by atoms with E-state index in [0.29, 0.717) is 0 Å². The fourth-order valence-corrected chi connectivity index (χ4v) is 0.942. The molecule has 0 saturated carbocycles. The van der Waals surface area contributed by atoms with Crippen LogP contribution in [0.1, 0.15) is 0 Å². The molecule has 0 unspecified atom stereocenters. The Morgan fingerprint density at radius 3 is 3.30 bits per heavy atom. The SMILES string of the molecule is C1=C=c2[nH+]cccc2=CC=1. The highest BCUT2D eigenvalue weighted by molar-refractivity contribution is 5.41. The van der Waals surface area contributed by atoms with E-state index in [1.807, 2.05) is 30.5 Å². The lowest BCUT2D eigenvalue weighted by Crippen LogP contribution is -2.39. The first-order chi connectivity index (χ1) is 4.97. The summed E-state index contributed by atoms with van der Waals surface area (Å²) in [6, 6.07) is 4.01. The highest BCUT2D eigenvalue weighted by atomic mass is 14.6. The van der Waals surface area contributed by atoms with Crippen molar-refractivity contribution in [1.29, 1.82) is 0 Å². The van der Waals surface area contributed by atoms with E-state index in [9.17, 15) is 0 Å². The summed E-state index contributed by atoms with van der Waals surface area (Å²) < 4.78 is 0. The Labute approximate surface area is 58.3 Å². The first kappa shape index (κ1) is 5.25. The lowest BCUT2D eigenvalue weighted by Gasteiger charge is -1.79. The van der Waals surface area contributed by atoms with Crippen LogP contribution in [0.3, 0.4) is 0 Å². The van der Waals surface area contributed by atoms with Gasteiger partial charge in [-0.1, -0.05) is 5.73 Å². The lowest BCUT2D eigenvalue weighted by atomic mass is 10.3. The minimum atomic E-state index is 1.00. The first-order valence-corrected chi connectivity index (χ1v) is 3.15. The van der Waals surface area contributed by atoms with Crippen molar-refractivity contribution in [1.82, 2.24) is 0 Å². The highest BCUT2D eigenvalue weighted by Crippen LogP contribution is 1.70. The standard InChI is InChI=1S/C9H5N/c1-2-6-9-8(4-1)5-3-7-10-9/h1,3-5,7H/p+1. The van der Waals surface area contributed by atoms with Gasteiger partial charge in [0.25, 0.3) is 5.35 Å². The van der Waals surface area contributed by atoms with Gasteiger partial charge in [-0.2, -0.15) is 0 Å². The number of fused-ring (bicyclic) bond motifs is 1. The maximum Gasteiger partial charge on any atom is 0.262 e. The second kappa shape index (κ2) is 2.00. The quantitative estimate of drug-likeness (QED) is 0.414. The van der Waals surface area contributed by atoms with Crippen LogP contribution in [-0.2, 0) is 0 Å². The fourth-order valence-electron chi connectivity index (χ4n) is 0.942. The molecule has 0 radical (unpaired) electrons. The van der Waals surface area contributed by atoms with Crippen LogP contribution in [0.2, 0.25) is 0 Å². The Hall–Kier alpha value is -1.55. The van der Waals surface area contributed by atoms with E-state index in [-0.39, 0.29) is 0 Å². The Morgan fingerprint density at radius 1 is 1.40 bits per heavy atom. The van der Waals surface area contributed by atoms with Gasteiger partial charge in [0.1, 0.15) is 0 Å². The van der Waals surface area contributed by atoms with Crippen LogP contribution >= 0.6 is 0 Å². The molecule has 0 aromatic carbocycles. The summed E-state index contributed by atoms with van der Waals surface area (Å²) in [5.74, 6) is 0. The first-order valence-electron chi connectivity index (χ1n) is 3.15. The maximum atomic E-state index is 3.06. The molecule has 10 heavy (non-hydrogen) atoms. The van der Waals surface area contributed by atoms with Gasteiger partial charge >= 0.3 is 0 Å². The van der Waals surface area contributed by atoms with E-state index in [1.165, 1.54) is 5.22 Å². The second-order valence-corrected chi connectivity index (χ2v) is 2.10. The van der Waals surface area contributed by atoms with E-state index in [2.05, 4.69) is 16.4 Å². The number of H-pyrrole nitrogens is 1. The van der Waals surface area contributed by atoms with Crippen LogP contribution in [0.15, 0.2) is 30.1 Å². The van der Waals surface area contributed by atoms with Gasteiger partial charge in [0, 0.05) is 11.8 Å². The van der Waals surface area contributed by atoms with Gasteiger partial charge in [0.2, 0.25) is 0 Å². The summed E-state index contributed by atoms with van der Waals surface area (Å²) in [4.78, 5) is 3.06. The molecule has 1 heterocycles. The van der Waals surface area contributed by atoms with Gasteiger partial charge in [0.05, 0.1) is 5.22 Å². The van der Waals surface area contributed by atoms with Crippen molar-refractivity contribution in [2.24, 2.45) is 0 Å². The number of allylic oxidation sites excluding steroid dienone is 1.